The molecule has 0 aromatic rings. The van der Waals surface area contributed by atoms with Crippen LogP contribution in [0.2, 0.25) is 0 Å². The third-order valence-electron chi connectivity index (χ3n) is 1.30. The van der Waals surface area contributed by atoms with Crippen molar-refractivity contribution < 1.29 is 5.11 Å². The Morgan fingerprint density at radius 3 is 1.85 bits per heavy atom. The zero-order chi connectivity index (χ0) is 10.7. The lowest BCUT2D eigenvalue weighted by atomic mass is 10.4. The minimum absolute atomic E-state index is 0.159. The van der Waals surface area contributed by atoms with Crippen LogP contribution in [0.1, 0.15) is 13.8 Å². The van der Waals surface area contributed by atoms with E-state index in [-0.39, 0.29) is 5.76 Å². The Bertz CT molecular complexity index is 111. The van der Waals surface area contributed by atoms with Gasteiger partial charge < -0.3 is 16.6 Å². The summed E-state index contributed by atoms with van der Waals surface area (Å²) in [6, 6.07) is 0. The SMILES string of the molecule is C=C(O)CN(CCN)CCN.CC. The molecular formula is C9H23N3O. The summed E-state index contributed by atoms with van der Waals surface area (Å²) in [5, 5.41) is 8.86. The maximum atomic E-state index is 8.86. The Labute approximate surface area is 81.2 Å². The molecule has 4 heteroatoms. The molecule has 0 aromatic carbocycles. The molecule has 80 valence electrons. The van der Waals surface area contributed by atoms with Gasteiger partial charge in [-0.1, -0.05) is 20.4 Å². The number of aliphatic hydroxyl groups is 1. The molecule has 0 radical (unpaired) electrons. The zero-order valence-corrected chi connectivity index (χ0v) is 8.79. The molecule has 0 atom stereocenters. The fraction of sp³-hybridized carbons (Fsp3) is 0.778. The molecule has 4 nitrogen and oxygen atoms in total. The van der Waals surface area contributed by atoms with E-state index in [9.17, 15) is 0 Å². The van der Waals surface area contributed by atoms with Crippen molar-refractivity contribution in [3.8, 4) is 0 Å². The Morgan fingerprint density at radius 2 is 1.62 bits per heavy atom. The molecule has 0 saturated carbocycles. The lowest BCUT2D eigenvalue weighted by Gasteiger charge is -2.19. The second kappa shape index (κ2) is 11.4. The van der Waals surface area contributed by atoms with Crippen molar-refractivity contribution in [2.45, 2.75) is 13.8 Å². The highest BCUT2D eigenvalue weighted by atomic mass is 16.3. The van der Waals surface area contributed by atoms with E-state index in [0.717, 1.165) is 13.1 Å². The Morgan fingerprint density at radius 1 is 1.23 bits per heavy atom. The Hall–Kier alpha value is -0.580. The van der Waals surface area contributed by atoms with E-state index in [0.29, 0.717) is 19.6 Å². The van der Waals surface area contributed by atoms with E-state index in [1.807, 2.05) is 18.7 Å². The van der Waals surface area contributed by atoms with E-state index >= 15 is 0 Å². The van der Waals surface area contributed by atoms with Crippen LogP contribution in [-0.2, 0) is 0 Å². The van der Waals surface area contributed by atoms with Crippen LogP contribution in [0, 0.1) is 0 Å². The average Bonchev–Trinajstić information content (AvgIpc) is 2.08. The van der Waals surface area contributed by atoms with Gasteiger partial charge in [-0.15, -0.1) is 0 Å². The molecule has 0 saturated heterocycles. The molecule has 0 fully saturated rings. The van der Waals surface area contributed by atoms with Gasteiger partial charge in [0.15, 0.2) is 0 Å². The minimum Gasteiger partial charge on any atom is -0.512 e. The van der Waals surface area contributed by atoms with Crippen molar-refractivity contribution in [1.82, 2.24) is 4.90 Å². The molecule has 0 spiro atoms. The summed E-state index contributed by atoms with van der Waals surface area (Å²) in [7, 11) is 0. The van der Waals surface area contributed by atoms with Gasteiger partial charge in [-0.25, -0.2) is 0 Å². The van der Waals surface area contributed by atoms with Crippen LogP contribution in [0.4, 0.5) is 0 Å². The van der Waals surface area contributed by atoms with Gasteiger partial charge in [0.05, 0.1) is 12.3 Å². The standard InChI is InChI=1S/C7H17N3O.C2H6/c1-7(11)6-10(4-2-8)5-3-9;1-2/h11H,1-6,8-9H2;1-2H3. The van der Waals surface area contributed by atoms with Gasteiger partial charge in [0.2, 0.25) is 0 Å². The summed E-state index contributed by atoms with van der Waals surface area (Å²) in [6.07, 6.45) is 0. The van der Waals surface area contributed by atoms with Crippen LogP contribution in [0.15, 0.2) is 12.3 Å². The van der Waals surface area contributed by atoms with Crippen molar-refractivity contribution in [3.63, 3.8) is 0 Å². The lowest BCUT2D eigenvalue weighted by molar-refractivity contribution is 0.261. The number of hydrogen-bond donors (Lipinski definition) is 3. The molecule has 0 aliphatic heterocycles. The number of aliphatic hydroxyl groups excluding tert-OH is 1. The quantitative estimate of drug-likeness (QED) is 0.525. The summed E-state index contributed by atoms with van der Waals surface area (Å²) >= 11 is 0. The molecule has 0 rings (SSSR count). The van der Waals surface area contributed by atoms with E-state index in [2.05, 4.69) is 6.58 Å². The predicted octanol–water partition coefficient (Wildman–Crippen LogP) is 0.304. The number of hydrogen-bond acceptors (Lipinski definition) is 4. The summed E-state index contributed by atoms with van der Waals surface area (Å²) in [4.78, 5) is 1.96. The fourth-order valence-corrected chi connectivity index (χ4v) is 0.893. The van der Waals surface area contributed by atoms with Crippen molar-refractivity contribution in [3.05, 3.63) is 12.3 Å². The predicted molar refractivity (Wildman–Crippen MR) is 57.7 cm³/mol. The molecule has 0 aliphatic rings. The largest absolute Gasteiger partial charge is 0.512 e. The molecule has 13 heavy (non-hydrogen) atoms. The van der Waals surface area contributed by atoms with Gasteiger partial charge in [-0.2, -0.15) is 0 Å². The van der Waals surface area contributed by atoms with Crippen molar-refractivity contribution >= 4 is 0 Å². The normalized spacial score (nSPS) is 9.31. The molecule has 0 bridgehead atoms. The molecule has 0 amide bonds. The highest BCUT2D eigenvalue weighted by Crippen LogP contribution is 1.90. The van der Waals surface area contributed by atoms with Gasteiger partial charge in [-0.05, 0) is 0 Å². The van der Waals surface area contributed by atoms with Crippen LogP contribution in [0.5, 0.6) is 0 Å². The van der Waals surface area contributed by atoms with Crippen molar-refractivity contribution in [2.75, 3.05) is 32.7 Å². The smallest absolute Gasteiger partial charge is 0.0991 e. The van der Waals surface area contributed by atoms with E-state index in [4.69, 9.17) is 16.6 Å². The molecule has 0 aliphatic carbocycles. The van der Waals surface area contributed by atoms with Crippen molar-refractivity contribution in [2.24, 2.45) is 11.5 Å². The van der Waals surface area contributed by atoms with Crippen LogP contribution in [0.25, 0.3) is 0 Å². The fourth-order valence-electron chi connectivity index (χ4n) is 0.893. The maximum Gasteiger partial charge on any atom is 0.0991 e. The first kappa shape index (κ1) is 14.9. The molecule has 0 heterocycles. The Balaban J connectivity index is 0. The van der Waals surface area contributed by atoms with Crippen LogP contribution >= 0.6 is 0 Å². The van der Waals surface area contributed by atoms with E-state index in [1.54, 1.807) is 0 Å². The first-order valence-electron chi connectivity index (χ1n) is 4.70. The third-order valence-corrected chi connectivity index (χ3v) is 1.30. The maximum absolute atomic E-state index is 8.86. The first-order chi connectivity index (χ1) is 6.20. The summed E-state index contributed by atoms with van der Waals surface area (Å²) in [5.74, 6) is 0.159. The molecule has 5 N–H and O–H groups in total. The number of nitrogens with zero attached hydrogens (tertiary/aromatic N) is 1. The highest BCUT2D eigenvalue weighted by molar-refractivity contribution is 4.83. The van der Waals surface area contributed by atoms with Gasteiger partial charge in [-0.3, -0.25) is 4.90 Å². The summed E-state index contributed by atoms with van der Waals surface area (Å²) < 4.78 is 0. The van der Waals surface area contributed by atoms with Gasteiger partial charge in [0.25, 0.3) is 0 Å². The molecule has 0 unspecified atom stereocenters. The third kappa shape index (κ3) is 11.4. The first-order valence-corrected chi connectivity index (χ1v) is 4.70. The average molecular weight is 189 g/mol. The number of nitrogens with two attached hydrogens (primary N) is 2. The van der Waals surface area contributed by atoms with Crippen LogP contribution < -0.4 is 11.5 Å². The summed E-state index contributed by atoms with van der Waals surface area (Å²) in [5.41, 5.74) is 10.7. The topological polar surface area (TPSA) is 75.5 Å². The second-order valence-corrected chi connectivity index (χ2v) is 2.42. The van der Waals surface area contributed by atoms with Gasteiger partial charge in [0.1, 0.15) is 0 Å². The van der Waals surface area contributed by atoms with Gasteiger partial charge in [0, 0.05) is 26.2 Å². The van der Waals surface area contributed by atoms with E-state index in [1.165, 1.54) is 0 Å². The highest BCUT2D eigenvalue weighted by Gasteiger charge is 2.02. The van der Waals surface area contributed by atoms with Crippen molar-refractivity contribution in [1.29, 1.82) is 0 Å². The van der Waals surface area contributed by atoms with Crippen LogP contribution in [0.3, 0.4) is 0 Å². The summed E-state index contributed by atoms with van der Waals surface area (Å²) in [6.45, 7) is 10.5. The van der Waals surface area contributed by atoms with E-state index < -0.39 is 0 Å². The molecular weight excluding hydrogens is 166 g/mol. The lowest BCUT2D eigenvalue weighted by Crippen LogP contribution is -2.35. The van der Waals surface area contributed by atoms with Crippen LogP contribution in [-0.4, -0.2) is 42.7 Å². The second-order valence-electron chi connectivity index (χ2n) is 2.42. The molecule has 0 aromatic heterocycles. The number of rotatable bonds is 6. The zero-order valence-electron chi connectivity index (χ0n) is 8.79. The monoisotopic (exact) mass is 189 g/mol. The Kier molecular flexibility index (Phi) is 13.1. The minimum atomic E-state index is 0.159. The van der Waals surface area contributed by atoms with Gasteiger partial charge >= 0.3 is 0 Å².